The van der Waals surface area contributed by atoms with Crippen molar-refractivity contribution in [2.24, 2.45) is 5.92 Å². The minimum Gasteiger partial charge on any atom is -0.338 e. The molecule has 0 aliphatic carbocycles. The van der Waals surface area contributed by atoms with Crippen LogP contribution in [0.3, 0.4) is 0 Å². The third-order valence-electron chi connectivity index (χ3n) is 6.17. The molecule has 1 atom stereocenters. The number of sulfonamides is 1. The zero-order chi connectivity index (χ0) is 21.1. The van der Waals surface area contributed by atoms with Gasteiger partial charge in [0.2, 0.25) is 15.9 Å². The van der Waals surface area contributed by atoms with Gasteiger partial charge in [0.1, 0.15) is 5.82 Å². The van der Waals surface area contributed by atoms with E-state index in [2.05, 4.69) is 12.1 Å². The smallest absolute Gasteiger partial charge is 0.243 e. The molecule has 2 aromatic rings. The molecule has 0 aromatic heterocycles. The summed E-state index contributed by atoms with van der Waals surface area (Å²) in [6.45, 7) is 2.21. The normalized spacial score (nSPS) is 20.0. The van der Waals surface area contributed by atoms with Crippen LogP contribution in [0.15, 0.2) is 53.4 Å². The Morgan fingerprint density at radius 2 is 1.87 bits per heavy atom. The summed E-state index contributed by atoms with van der Waals surface area (Å²) in [5.74, 6) is -0.281. The molecule has 5 nitrogen and oxygen atoms in total. The number of hydrogen-bond donors (Lipinski definition) is 0. The molecule has 0 radical (unpaired) electrons. The van der Waals surface area contributed by atoms with E-state index in [9.17, 15) is 17.6 Å². The molecular formula is C23H27FN2O3S. The number of piperidine rings is 1. The molecule has 0 N–H and O–H groups in total. The van der Waals surface area contributed by atoms with Gasteiger partial charge in [-0.25, -0.2) is 12.8 Å². The third kappa shape index (κ3) is 4.57. The van der Waals surface area contributed by atoms with Gasteiger partial charge in [0, 0.05) is 32.6 Å². The highest BCUT2D eigenvalue weighted by Gasteiger charge is 2.31. The summed E-state index contributed by atoms with van der Waals surface area (Å²) in [5.41, 5.74) is 2.52. The van der Waals surface area contributed by atoms with Crippen LogP contribution in [-0.2, 0) is 27.8 Å². The molecule has 2 aliphatic heterocycles. The van der Waals surface area contributed by atoms with Crippen molar-refractivity contribution in [3.8, 4) is 0 Å². The molecule has 1 unspecified atom stereocenters. The lowest BCUT2D eigenvalue weighted by Crippen LogP contribution is -2.40. The van der Waals surface area contributed by atoms with Crippen molar-refractivity contribution >= 4 is 15.9 Å². The predicted molar refractivity (Wildman–Crippen MR) is 113 cm³/mol. The Kier molecular flexibility index (Phi) is 6.20. The van der Waals surface area contributed by atoms with Crippen LogP contribution in [0.4, 0.5) is 4.39 Å². The van der Waals surface area contributed by atoms with Crippen LogP contribution in [0.2, 0.25) is 0 Å². The highest BCUT2D eigenvalue weighted by Crippen LogP contribution is 2.27. The van der Waals surface area contributed by atoms with Crippen molar-refractivity contribution in [1.82, 2.24) is 9.21 Å². The van der Waals surface area contributed by atoms with Gasteiger partial charge in [-0.05, 0) is 60.9 Å². The van der Waals surface area contributed by atoms with Crippen molar-refractivity contribution < 1.29 is 17.6 Å². The minimum atomic E-state index is -3.71. The fourth-order valence-corrected chi connectivity index (χ4v) is 6.04. The lowest BCUT2D eigenvalue weighted by molar-refractivity contribution is -0.132. The van der Waals surface area contributed by atoms with Crippen molar-refractivity contribution in [2.75, 3.05) is 19.6 Å². The Hall–Kier alpha value is -2.25. The number of hydrogen-bond acceptors (Lipinski definition) is 3. The largest absolute Gasteiger partial charge is 0.338 e. The molecule has 160 valence electrons. The summed E-state index contributed by atoms with van der Waals surface area (Å²) in [4.78, 5) is 14.6. The number of halogens is 1. The Morgan fingerprint density at radius 1 is 1.07 bits per heavy atom. The zero-order valence-electron chi connectivity index (χ0n) is 17.0. The molecule has 1 saturated heterocycles. The molecule has 2 aliphatic rings. The van der Waals surface area contributed by atoms with Gasteiger partial charge >= 0.3 is 0 Å². The summed E-state index contributed by atoms with van der Waals surface area (Å²) < 4.78 is 40.7. The molecule has 0 bridgehead atoms. The molecule has 0 spiro atoms. The molecule has 7 heteroatoms. The number of carbonyl (C=O) groups is 1. The molecule has 2 heterocycles. The second-order valence-electron chi connectivity index (χ2n) is 8.20. The van der Waals surface area contributed by atoms with Gasteiger partial charge in [0.15, 0.2) is 0 Å². The average molecular weight is 431 g/mol. The van der Waals surface area contributed by atoms with Gasteiger partial charge in [-0.1, -0.05) is 30.3 Å². The average Bonchev–Trinajstić information content (AvgIpc) is 2.77. The van der Waals surface area contributed by atoms with Crippen LogP contribution in [0.1, 0.15) is 36.8 Å². The first-order chi connectivity index (χ1) is 14.4. The van der Waals surface area contributed by atoms with Gasteiger partial charge in [-0.2, -0.15) is 4.31 Å². The molecule has 0 saturated carbocycles. The molecule has 30 heavy (non-hydrogen) atoms. The van der Waals surface area contributed by atoms with Crippen LogP contribution in [-0.4, -0.2) is 43.2 Å². The number of carbonyl (C=O) groups excluding carboxylic acids is 1. The number of fused-ring (bicyclic) bond motifs is 1. The quantitative estimate of drug-likeness (QED) is 0.728. The van der Waals surface area contributed by atoms with Crippen molar-refractivity contribution in [1.29, 1.82) is 0 Å². The van der Waals surface area contributed by atoms with Gasteiger partial charge in [0.25, 0.3) is 0 Å². The van der Waals surface area contributed by atoms with Crippen LogP contribution in [0.5, 0.6) is 0 Å². The first kappa shape index (κ1) is 21.0. The monoisotopic (exact) mass is 430 g/mol. The van der Waals surface area contributed by atoms with E-state index in [1.165, 1.54) is 33.6 Å². The maximum atomic E-state index is 13.5. The van der Waals surface area contributed by atoms with Crippen molar-refractivity contribution in [3.63, 3.8) is 0 Å². The van der Waals surface area contributed by atoms with E-state index in [0.29, 0.717) is 32.5 Å². The highest BCUT2D eigenvalue weighted by molar-refractivity contribution is 7.89. The molecule has 4 rings (SSSR count). The van der Waals surface area contributed by atoms with Crippen LogP contribution >= 0.6 is 0 Å². The maximum Gasteiger partial charge on any atom is 0.243 e. The summed E-state index contributed by atoms with van der Waals surface area (Å²) in [6.07, 6.45) is 3.65. The number of amides is 1. The minimum absolute atomic E-state index is 0.00814. The summed E-state index contributed by atoms with van der Waals surface area (Å²) >= 11 is 0. The maximum absolute atomic E-state index is 13.5. The topological polar surface area (TPSA) is 57.7 Å². The van der Waals surface area contributed by atoms with Crippen molar-refractivity contribution in [2.45, 2.75) is 43.5 Å². The first-order valence-electron chi connectivity index (χ1n) is 10.5. The van der Waals surface area contributed by atoms with Gasteiger partial charge in [-0.15, -0.1) is 0 Å². The number of nitrogens with zero attached hydrogens (tertiary/aromatic N) is 2. The summed E-state index contributed by atoms with van der Waals surface area (Å²) in [5, 5.41) is 0. The third-order valence-corrected chi connectivity index (χ3v) is 8.03. The number of rotatable bonds is 5. The van der Waals surface area contributed by atoms with E-state index >= 15 is 0 Å². The molecule has 1 fully saturated rings. The first-order valence-corrected chi connectivity index (χ1v) is 12.0. The fourth-order valence-electron chi connectivity index (χ4n) is 4.45. The van der Waals surface area contributed by atoms with Crippen molar-refractivity contribution in [3.05, 3.63) is 65.5 Å². The molecular weight excluding hydrogens is 403 g/mol. The van der Waals surface area contributed by atoms with E-state index < -0.39 is 15.8 Å². The predicted octanol–water partition coefficient (Wildman–Crippen LogP) is 3.59. The van der Waals surface area contributed by atoms with E-state index in [0.717, 1.165) is 31.9 Å². The van der Waals surface area contributed by atoms with Crippen LogP contribution < -0.4 is 0 Å². The Labute approximate surface area is 177 Å². The van der Waals surface area contributed by atoms with Gasteiger partial charge in [-0.3, -0.25) is 4.79 Å². The lowest BCUT2D eigenvalue weighted by Gasteiger charge is -2.33. The van der Waals surface area contributed by atoms with E-state index in [1.807, 2.05) is 17.0 Å². The fraction of sp³-hybridized carbons (Fsp3) is 0.435. The van der Waals surface area contributed by atoms with E-state index in [-0.39, 0.29) is 16.7 Å². The second-order valence-corrected chi connectivity index (χ2v) is 10.1. The van der Waals surface area contributed by atoms with Gasteiger partial charge in [0.05, 0.1) is 4.90 Å². The van der Waals surface area contributed by atoms with Crippen LogP contribution in [0.25, 0.3) is 0 Å². The number of benzene rings is 2. The summed E-state index contributed by atoms with van der Waals surface area (Å²) in [6, 6.07) is 13.4. The van der Waals surface area contributed by atoms with Gasteiger partial charge < -0.3 is 4.90 Å². The van der Waals surface area contributed by atoms with Crippen LogP contribution in [0, 0.1) is 11.7 Å². The van der Waals surface area contributed by atoms with E-state index in [1.54, 1.807) is 0 Å². The SMILES string of the molecule is O=C(CCC1CCCN(S(=O)(=O)c2cccc(F)c2)C1)N1CCc2ccccc2C1. The molecule has 2 aromatic carbocycles. The second kappa shape index (κ2) is 8.86. The summed E-state index contributed by atoms with van der Waals surface area (Å²) in [7, 11) is -3.71. The highest BCUT2D eigenvalue weighted by atomic mass is 32.2. The lowest BCUT2D eigenvalue weighted by atomic mass is 9.94. The standard InChI is InChI=1S/C23H27FN2O3S/c24-21-8-3-9-22(15-21)30(28,29)26-13-4-5-18(16-26)10-11-23(27)25-14-12-19-6-1-2-7-20(19)17-25/h1-3,6-9,15,18H,4-5,10-14,16-17H2. The van der Waals surface area contributed by atoms with E-state index in [4.69, 9.17) is 0 Å². The Morgan fingerprint density at radius 3 is 2.67 bits per heavy atom. The Balaban J connectivity index is 1.34. The Bertz CT molecular complexity index is 1020. The zero-order valence-corrected chi connectivity index (χ0v) is 17.8. The molecule has 1 amide bonds.